The van der Waals surface area contributed by atoms with E-state index in [2.05, 4.69) is 17.1 Å². The predicted molar refractivity (Wildman–Crippen MR) is 68.1 cm³/mol. The summed E-state index contributed by atoms with van der Waals surface area (Å²) in [5.41, 5.74) is -0.191. The van der Waals surface area contributed by atoms with Gasteiger partial charge < -0.3 is 4.57 Å². The van der Waals surface area contributed by atoms with Gasteiger partial charge in [-0.05, 0) is 25.0 Å². The van der Waals surface area contributed by atoms with E-state index in [1.807, 2.05) is 4.57 Å². The molecule has 0 fully saturated rings. The van der Waals surface area contributed by atoms with Gasteiger partial charge in [-0.2, -0.15) is 13.2 Å². The molecule has 0 saturated carbocycles. The van der Waals surface area contributed by atoms with Crippen molar-refractivity contribution in [3.63, 3.8) is 0 Å². The molecule has 106 valence electrons. The Labute approximate surface area is 114 Å². The van der Waals surface area contributed by atoms with Crippen LogP contribution >= 0.6 is 0 Å². The van der Waals surface area contributed by atoms with Crippen LogP contribution in [0.5, 0.6) is 0 Å². The predicted octanol–water partition coefficient (Wildman–Crippen LogP) is 3.86. The zero-order valence-electron chi connectivity index (χ0n) is 11.0. The fraction of sp³-hybridized carbons (Fsp3) is 0.429. The van der Waals surface area contributed by atoms with Crippen LogP contribution in [0.15, 0.2) is 24.3 Å². The number of alkyl halides is 3. The first-order valence-electron chi connectivity index (χ1n) is 6.57. The molecule has 1 aromatic heterocycles. The van der Waals surface area contributed by atoms with Crippen molar-refractivity contribution in [2.24, 2.45) is 0 Å². The van der Waals surface area contributed by atoms with E-state index in [4.69, 9.17) is 0 Å². The summed E-state index contributed by atoms with van der Waals surface area (Å²) in [6.07, 6.45) is -2.30. The van der Waals surface area contributed by atoms with E-state index in [1.165, 1.54) is 6.07 Å². The van der Waals surface area contributed by atoms with Crippen LogP contribution in [0.3, 0.4) is 0 Å². The first-order valence-corrected chi connectivity index (χ1v) is 6.57. The van der Waals surface area contributed by atoms with Crippen molar-refractivity contribution in [2.75, 3.05) is 0 Å². The van der Waals surface area contributed by atoms with E-state index in [0.29, 0.717) is 17.3 Å². The lowest BCUT2D eigenvalue weighted by atomic mass is 10.0. The Balaban J connectivity index is 2.06. The molecule has 0 aliphatic carbocycles. The van der Waals surface area contributed by atoms with Gasteiger partial charge in [0.05, 0.1) is 5.56 Å². The maximum absolute atomic E-state index is 12.8. The number of hydrogen-bond donors (Lipinski definition) is 0. The zero-order valence-corrected chi connectivity index (χ0v) is 11.0. The number of nitrogens with zero attached hydrogens (tertiary/aromatic N) is 3. The van der Waals surface area contributed by atoms with Crippen molar-refractivity contribution < 1.29 is 13.2 Å². The third kappa shape index (κ3) is 2.19. The van der Waals surface area contributed by atoms with Gasteiger partial charge in [0.1, 0.15) is 5.82 Å². The summed E-state index contributed by atoms with van der Waals surface area (Å²) < 4.78 is 40.2. The molecule has 1 aliphatic heterocycles. The summed E-state index contributed by atoms with van der Waals surface area (Å²) in [6, 6.07) is 5.26. The maximum atomic E-state index is 12.8. The van der Waals surface area contributed by atoms with Crippen LogP contribution in [0.4, 0.5) is 13.2 Å². The monoisotopic (exact) mass is 281 g/mol. The Bertz CT molecular complexity index is 631. The second kappa shape index (κ2) is 4.61. The molecule has 1 unspecified atom stereocenters. The standard InChI is InChI=1S/C14H14F3N3/c1-9-4-3-7-20-12(9)18-19-13(20)10-5-2-6-11(8-10)14(15,16)17/h2,5-6,8-9H,3-4,7H2,1H3. The van der Waals surface area contributed by atoms with E-state index in [0.717, 1.165) is 37.3 Å². The highest BCUT2D eigenvalue weighted by Crippen LogP contribution is 2.33. The molecule has 1 aliphatic rings. The number of aromatic nitrogens is 3. The summed E-state index contributed by atoms with van der Waals surface area (Å²) in [4.78, 5) is 0. The Morgan fingerprint density at radius 3 is 2.80 bits per heavy atom. The number of hydrogen-bond acceptors (Lipinski definition) is 2. The molecule has 1 aromatic carbocycles. The van der Waals surface area contributed by atoms with Crippen molar-refractivity contribution in [2.45, 2.75) is 38.4 Å². The fourth-order valence-electron chi connectivity index (χ4n) is 2.63. The highest BCUT2D eigenvalue weighted by molar-refractivity contribution is 5.57. The number of fused-ring (bicyclic) bond motifs is 1. The van der Waals surface area contributed by atoms with E-state index in [9.17, 15) is 13.2 Å². The Morgan fingerprint density at radius 2 is 2.05 bits per heavy atom. The van der Waals surface area contributed by atoms with Gasteiger partial charge in [0, 0.05) is 18.0 Å². The Morgan fingerprint density at radius 1 is 1.25 bits per heavy atom. The molecule has 2 heterocycles. The molecule has 20 heavy (non-hydrogen) atoms. The van der Waals surface area contributed by atoms with E-state index >= 15 is 0 Å². The third-order valence-corrected chi connectivity index (χ3v) is 3.69. The fourth-order valence-corrected chi connectivity index (χ4v) is 2.63. The van der Waals surface area contributed by atoms with Gasteiger partial charge in [-0.1, -0.05) is 19.1 Å². The van der Waals surface area contributed by atoms with Gasteiger partial charge in [-0.3, -0.25) is 0 Å². The summed E-state index contributed by atoms with van der Waals surface area (Å²) in [7, 11) is 0. The van der Waals surface area contributed by atoms with Crippen molar-refractivity contribution in [3.05, 3.63) is 35.7 Å². The van der Waals surface area contributed by atoms with Crippen LogP contribution in [0.1, 0.15) is 37.1 Å². The molecule has 1 atom stereocenters. The third-order valence-electron chi connectivity index (χ3n) is 3.69. The highest BCUT2D eigenvalue weighted by atomic mass is 19.4. The average molecular weight is 281 g/mol. The summed E-state index contributed by atoms with van der Waals surface area (Å²) in [5, 5.41) is 8.22. The van der Waals surface area contributed by atoms with Gasteiger partial charge in [0.15, 0.2) is 5.82 Å². The number of halogens is 3. The highest BCUT2D eigenvalue weighted by Gasteiger charge is 2.31. The van der Waals surface area contributed by atoms with Crippen LogP contribution in [0.25, 0.3) is 11.4 Å². The summed E-state index contributed by atoms with van der Waals surface area (Å²) in [6.45, 7) is 2.83. The summed E-state index contributed by atoms with van der Waals surface area (Å²) >= 11 is 0. The van der Waals surface area contributed by atoms with E-state index in [-0.39, 0.29) is 0 Å². The molecule has 0 N–H and O–H groups in total. The molecule has 3 nitrogen and oxygen atoms in total. The smallest absolute Gasteiger partial charge is 0.311 e. The van der Waals surface area contributed by atoms with Crippen LogP contribution in [0, 0.1) is 0 Å². The Hall–Kier alpha value is -1.85. The lowest BCUT2D eigenvalue weighted by Gasteiger charge is -2.20. The second-order valence-electron chi connectivity index (χ2n) is 5.16. The number of benzene rings is 1. The minimum Gasteiger partial charge on any atom is -0.311 e. The molecule has 3 rings (SSSR count). The minimum atomic E-state index is -4.34. The Kier molecular flexibility index (Phi) is 3.03. The van der Waals surface area contributed by atoms with Crippen LogP contribution in [-0.4, -0.2) is 14.8 Å². The molecular formula is C14H14F3N3. The number of rotatable bonds is 1. The van der Waals surface area contributed by atoms with Crippen LogP contribution in [0.2, 0.25) is 0 Å². The quantitative estimate of drug-likeness (QED) is 0.794. The van der Waals surface area contributed by atoms with Gasteiger partial charge in [0.2, 0.25) is 0 Å². The summed E-state index contributed by atoms with van der Waals surface area (Å²) in [5.74, 6) is 1.69. The lowest BCUT2D eigenvalue weighted by Crippen LogP contribution is -2.15. The van der Waals surface area contributed by atoms with Gasteiger partial charge in [-0.15, -0.1) is 10.2 Å². The molecule has 0 bridgehead atoms. The van der Waals surface area contributed by atoms with Crippen LogP contribution in [-0.2, 0) is 12.7 Å². The van der Waals surface area contributed by atoms with Gasteiger partial charge in [0.25, 0.3) is 0 Å². The second-order valence-corrected chi connectivity index (χ2v) is 5.16. The van der Waals surface area contributed by atoms with Crippen molar-refractivity contribution in [1.29, 1.82) is 0 Å². The van der Waals surface area contributed by atoms with E-state index in [1.54, 1.807) is 6.07 Å². The van der Waals surface area contributed by atoms with Crippen molar-refractivity contribution in [1.82, 2.24) is 14.8 Å². The first kappa shape index (κ1) is 13.1. The normalized spacial score (nSPS) is 18.9. The van der Waals surface area contributed by atoms with Crippen LogP contribution < -0.4 is 0 Å². The lowest BCUT2D eigenvalue weighted by molar-refractivity contribution is -0.137. The first-order chi connectivity index (χ1) is 9.47. The molecule has 2 aromatic rings. The molecule has 0 amide bonds. The maximum Gasteiger partial charge on any atom is 0.416 e. The largest absolute Gasteiger partial charge is 0.416 e. The molecule has 0 saturated heterocycles. The van der Waals surface area contributed by atoms with E-state index < -0.39 is 11.7 Å². The zero-order chi connectivity index (χ0) is 14.3. The van der Waals surface area contributed by atoms with Gasteiger partial charge in [-0.25, -0.2) is 0 Å². The topological polar surface area (TPSA) is 30.7 Å². The molecule has 0 radical (unpaired) electrons. The van der Waals surface area contributed by atoms with Crippen molar-refractivity contribution >= 4 is 0 Å². The molecular weight excluding hydrogens is 267 g/mol. The van der Waals surface area contributed by atoms with Crippen molar-refractivity contribution in [3.8, 4) is 11.4 Å². The minimum absolute atomic E-state index is 0.302. The van der Waals surface area contributed by atoms with Gasteiger partial charge >= 0.3 is 6.18 Å². The SMILES string of the molecule is CC1CCCn2c(-c3cccc(C(F)(F)F)c3)nnc21. The molecule has 0 spiro atoms. The molecule has 6 heteroatoms. The average Bonchev–Trinajstić information content (AvgIpc) is 2.83.